The van der Waals surface area contributed by atoms with Gasteiger partial charge in [0.05, 0.1) is 0 Å². The van der Waals surface area contributed by atoms with Gasteiger partial charge in [0.15, 0.2) is 0 Å². The fraction of sp³-hybridized carbons (Fsp3) is 0.111. The predicted molar refractivity (Wildman–Crippen MR) is 90.4 cm³/mol. The lowest BCUT2D eigenvalue weighted by molar-refractivity contribution is 0.429. The number of rotatable bonds is 2. The van der Waals surface area contributed by atoms with E-state index in [1.807, 2.05) is 43.3 Å². The summed E-state index contributed by atoms with van der Waals surface area (Å²) in [4.78, 5) is 21.2. The lowest BCUT2D eigenvalue weighted by Gasteiger charge is -2.06. The lowest BCUT2D eigenvalue weighted by Crippen LogP contribution is -2.18. The zero-order valence-corrected chi connectivity index (χ0v) is 13.2. The Morgan fingerprint density at radius 2 is 1.96 bits per heavy atom. The van der Waals surface area contributed by atoms with Gasteiger partial charge in [-0.3, -0.25) is 9.78 Å². The third-order valence-corrected chi connectivity index (χ3v) is 4.02. The second-order valence-corrected chi connectivity index (χ2v) is 5.57. The molecule has 0 aliphatic carbocycles. The molecule has 118 valence electrons. The highest BCUT2D eigenvalue weighted by Crippen LogP contribution is 2.24. The monoisotopic (exact) mass is 318 g/mol. The molecular weight excluding hydrogens is 304 g/mol. The molecule has 0 bridgehead atoms. The van der Waals surface area contributed by atoms with Crippen molar-refractivity contribution in [3.63, 3.8) is 0 Å². The van der Waals surface area contributed by atoms with Gasteiger partial charge in [-0.25, -0.2) is 0 Å². The smallest absolute Gasteiger partial charge is 0.275 e. The van der Waals surface area contributed by atoms with Gasteiger partial charge in [-0.15, -0.1) is 0 Å². The Labute approximate surface area is 137 Å². The molecule has 3 heterocycles. The van der Waals surface area contributed by atoms with Crippen molar-refractivity contribution >= 4 is 10.8 Å². The normalized spacial score (nSPS) is 11.1. The molecule has 6 nitrogen and oxygen atoms in total. The maximum atomic E-state index is 12.5. The second kappa shape index (κ2) is 5.42. The van der Waals surface area contributed by atoms with Crippen molar-refractivity contribution in [1.82, 2.24) is 19.7 Å². The molecule has 0 fully saturated rings. The Hall–Kier alpha value is -3.28. The fourth-order valence-electron chi connectivity index (χ4n) is 2.70. The van der Waals surface area contributed by atoms with Gasteiger partial charge in [0.2, 0.25) is 5.82 Å². The molecule has 0 spiro atoms. The minimum Gasteiger partial charge on any atom is -0.332 e. The van der Waals surface area contributed by atoms with Crippen LogP contribution in [0, 0.1) is 6.92 Å². The van der Waals surface area contributed by atoms with Crippen molar-refractivity contribution in [2.75, 3.05) is 0 Å². The summed E-state index contributed by atoms with van der Waals surface area (Å²) in [5.41, 5.74) is 2.10. The molecule has 0 aliphatic heterocycles. The number of hydrogen-bond donors (Lipinski definition) is 0. The van der Waals surface area contributed by atoms with Gasteiger partial charge in [-0.05, 0) is 36.1 Å². The Balaban J connectivity index is 1.89. The van der Waals surface area contributed by atoms with Crippen LogP contribution in [0.2, 0.25) is 0 Å². The second-order valence-electron chi connectivity index (χ2n) is 5.57. The van der Waals surface area contributed by atoms with Crippen LogP contribution in [-0.2, 0) is 7.05 Å². The van der Waals surface area contributed by atoms with E-state index in [2.05, 4.69) is 15.1 Å². The molecule has 4 rings (SSSR count). The van der Waals surface area contributed by atoms with Gasteiger partial charge in [-0.1, -0.05) is 29.4 Å². The third-order valence-electron chi connectivity index (χ3n) is 4.02. The number of aryl methyl sites for hydroxylation is 1. The van der Waals surface area contributed by atoms with Crippen molar-refractivity contribution in [2.45, 2.75) is 6.92 Å². The Kier molecular flexibility index (Phi) is 3.23. The summed E-state index contributed by atoms with van der Waals surface area (Å²) in [5.74, 6) is 0.698. The van der Waals surface area contributed by atoms with E-state index in [9.17, 15) is 4.79 Å². The van der Waals surface area contributed by atoms with Gasteiger partial charge in [0, 0.05) is 18.6 Å². The van der Waals surface area contributed by atoms with E-state index in [1.54, 1.807) is 19.3 Å². The highest BCUT2D eigenvalue weighted by molar-refractivity contribution is 5.84. The van der Waals surface area contributed by atoms with Gasteiger partial charge in [0.25, 0.3) is 11.4 Å². The average molecular weight is 318 g/mol. The van der Waals surface area contributed by atoms with Crippen molar-refractivity contribution in [3.05, 3.63) is 64.6 Å². The molecule has 0 unspecified atom stereocenters. The SMILES string of the molecule is Cc1cccnc1-c1noc(-c2cc3ccccc3c(=O)n2C)n1. The van der Waals surface area contributed by atoms with Crippen molar-refractivity contribution in [1.29, 1.82) is 0 Å². The summed E-state index contributed by atoms with van der Waals surface area (Å²) < 4.78 is 6.90. The first-order valence-corrected chi connectivity index (χ1v) is 7.50. The zero-order valence-electron chi connectivity index (χ0n) is 13.2. The first kappa shape index (κ1) is 14.3. The van der Waals surface area contributed by atoms with Crippen LogP contribution in [0.4, 0.5) is 0 Å². The van der Waals surface area contributed by atoms with E-state index in [-0.39, 0.29) is 5.56 Å². The van der Waals surface area contributed by atoms with Crippen LogP contribution in [0.3, 0.4) is 0 Å². The van der Waals surface area contributed by atoms with Gasteiger partial charge >= 0.3 is 0 Å². The largest absolute Gasteiger partial charge is 0.332 e. The van der Waals surface area contributed by atoms with Crippen molar-refractivity contribution < 1.29 is 4.52 Å². The van der Waals surface area contributed by atoms with E-state index in [4.69, 9.17) is 4.52 Å². The molecule has 0 atom stereocenters. The summed E-state index contributed by atoms with van der Waals surface area (Å²) in [6.07, 6.45) is 1.68. The van der Waals surface area contributed by atoms with E-state index >= 15 is 0 Å². The number of fused-ring (bicyclic) bond motifs is 1. The van der Waals surface area contributed by atoms with Gasteiger partial charge in [0.1, 0.15) is 11.4 Å². The van der Waals surface area contributed by atoms with Crippen LogP contribution < -0.4 is 5.56 Å². The summed E-state index contributed by atoms with van der Waals surface area (Å²) >= 11 is 0. The van der Waals surface area contributed by atoms with Crippen molar-refractivity contribution in [3.8, 4) is 23.1 Å². The molecule has 0 saturated heterocycles. The van der Waals surface area contributed by atoms with Crippen LogP contribution >= 0.6 is 0 Å². The molecule has 0 saturated carbocycles. The summed E-state index contributed by atoms with van der Waals surface area (Å²) in [5, 5.41) is 5.50. The van der Waals surface area contributed by atoms with Gasteiger partial charge in [-0.2, -0.15) is 4.98 Å². The van der Waals surface area contributed by atoms with E-state index in [1.165, 1.54) is 4.57 Å². The fourth-order valence-corrected chi connectivity index (χ4v) is 2.70. The van der Waals surface area contributed by atoms with Crippen LogP contribution in [0.25, 0.3) is 33.9 Å². The molecule has 0 N–H and O–H groups in total. The highest BCUT2D eigenvalue weighted by Gasteiger charge is 2.16. The van der Waals surface area contributed by atoms with Crippen molar-refractivity contribution in [2.24, 2.45) is 7.05 Å². The molecule has 0 radical (unpaired) electrons. The first-order chi connectivity index (χ1) is 11.6. The molecule has 0 amide bonds. The molecule has 24 heavy (non-hydrogen) atoms. The average Bonchev–Trinajstić information content (AvgIpc) is 3.08. The van der Waals surface area contributed by atoms with E-state index in [0.717, 1.165) is 10.9 Å². The molecule has 3 aromatic heterocycles. The predicted octanol–water partition coefficient (Wildman–Crippen LogP) is 2.96. The Bertz CT molecular complexity index is 1110. The minimum atomic E-state index is -0.100. The minimum absolute atomic E-state index is 0.100. The zero-order chi connectivity index (χ0) is 16.7. The van der Waals surface area contributed by atoms with E-state index in [0.29, 0.717) is 28.5 Å². The Morgan fingerprint density at radius 1 is 1.12 bits per heavy atom. The third kappa shape index (κ3) is 2.20. The summed E-state index contributed by atoms with van der Waals surface area (Å²) in [6, 6.07) is 13.1. The number of aromatic nitrogens is 4. The number of pyridine rings is 2. The molecular formula is C18H14N4O2. The van der Waals surface area contributed by atoms with Crippen LogP contribution in [0.15, 0.2) is 58.0 Å². The first-order valence-electron chi connectivity index (χ1n) is 7.50. The maximum Gasteiger partial charge on any atom is 0.275 e. The molecule has 1 aromatic carbocycles. The summed E-state index contributed by atoms with van der Waals surface area (Å²) in [6.45, 7) is 1.93. The highest BCUT2D eigenvalue weighted by atomic mass is 16.5. The molecule has 6 heteroatoms. The maximum absolute atomic E-state index is 12.5. The number of nitrogens with zero attached hydrogens (tertiary/aromatic N) is 4. The van der Waals surface area contributed by atoms with Gasteiger partial charge < -0.3 is 9.09 Å². The Morgan fingerprint density at radius 3 is 2.79 bits per heavy atom. The number of hydrogen-bond acceptors (Lipinski definition) is 5. The number of benzene rings is 1. The quantitative estimate of drug-likeness (QED) is 0.568. The van der Waals surface area contributed by atoms with Crippen LogP contribution in [0.1, 0.15) is 5.56 Å². The standard InChI is InChI=1S/C18H14N4O2/c1-11-6-5-9-19-15(11)16-20-17(24-21-16)14-10-12-7-3-4-8-13(12)18(23)22(14)2/h3-10H,1-2H3. The topological polar surface area (TPSA) is 73.8 Å². The molecule has 0 aliphatic rings. The summed E-state index contributed by atoms with van der Waals surface area (Å²) in [7, 11) is 1.69. The lowest BCUT2D eigenvalue weighted by atomic mass is 10.1. The van der Waals surface area contributed by atoms with Crippen LogP contribution in [0.5, 0.6) is 0 Å². The van der Waals surface area contributed by atoms with Crippen LogP contribution in [-0.4, -0.2) is 19.7 Å². The molecule has 4 aromatic rings. The van der Waals surface area contributed by atoms with E-state index < -0.39 is 0 Å².